The molecule has 0 aliphatic rings. The summed E-state index contributed by atoms with van der Waals surface area (Å²) in [6, 6.07) is 16.7. The summed E-state index contributed by atoms with van der Waals surface area (Å²) in [7, 11) is 2.09. The first-order valence-corrected chi connectivity index (χ1v) is 6.35. The molecule has 3 aromatic rings. The fraction of sp³-hybridized carbons (Fsp3) is 0.125. The van der Waals surface area contributed by atoms with E-state index in [1.54, 1.807) is 0 Å². The molecule has 1 aromatic heterocycles. The van der Waals surface area contributed by atoms with Crippen LogP contribution in [0.3, 0.4) is 0 Å². The third-order valence-corrected chi connectivity index (χ3v) is 3.55. The van der Waals surface area contributed by atoms with Crippen LogP contribution in [0.25, 0.3) is 22.2 Å². The standard InChI is InChI=1S/C16H14ClN/c1-11-6-7-15-13(8-11)10-16(18(15)2)12-4-3-5-14(17)9-12/h3-10H,1-2H3. The van der Waals surface area contributed by atoms with E-state index in [1.807, 2.05) is 18.2 Å². The van der Waals surface area contributed by atoms with Crippen molar-refractivity contribution in [1.29, 1.82) is 0 Å². The molecule has 2 aromatic carbocycles. The van der Waals surface area contributed by atoms with Gasteiger partial charge in [0.1, 0.15) is 0 Å². The van der Waals surface area contributed by atoms with Crippen molar-refractivity contribution in [2.45, 2.75) is 6.92 Å². The SMILES string of the molecule is Cc1ccc2c(c1)cc(-c1cccc(Cl)c1)n2C. The molecule has 0 saturated heterocycles. The van der Waals surface area contributed by atoms with Gasteiger partial charge in [-0.3, -0.25) is 0 Å². The normalized spacial score (nSPS) is 11.1. The zero-order valence-corrected chi connectivity index (χ0v) is 11.2. The average molecular weight is 256 g/mol. The smallest absolute Gasteiger partial charge is 0.0489 e. The Morgan fingerprint density at radius 3 is 2.61 bits per heavy atom. The van der Waals surface area contributed by atoms with E-state index >= 15 is 0 Å². The Hall–Kier alpha value is -1.73. The Morgan fingerprint density at radius 1 is 1.00 bits per heavy atom. The molecule has 1 heterocycles. The van der Waals surface area contributed by atoms with Crippen molar-refractivity contribution >= 4 is 22.5 Å². The minimum atomic E-state index is 0.772. The molecule has 0 amide bonds. The number of halogens is 1. The summed E-state index contributed by atoms with van der Waals surface area (Å²) in [5.74, 6) is 0. The second-order valence-electron chi connectivity index (χ2n) is 4.66. The highest BCUT2D eigenvalue weighted by Crippen LogP contribution is 2.29. The third-order valence-electron chi connectivity index (χ3n) is 3.32. The fourth-order valence-electron chi connectivity index (χ4n) is 2.39. The van der Waals surface area contributed by atoms with Gasteiger partial charge in [-0.25, -0.2) is 0 Å². The molecular formula is C16H14ClN. The lowest BCUT2D eigenvalue weighted by atomic mass is 10.1. The summed E-state index contributed by atoms with van der Waals surface area (Å²) in [4.78, 5) is 0. The van der Waals surface area contributed by atoms with Gasteiger partial charge in [-0.2, -0.15) is 0 Å². The molecule has 0 aliphatic carbocycles. The van der Waals surface area contributed by atoms with E-state index in [9.17, 15) is 0 Å². The first-order valence-electron chi connectivity index (χ1n) is 5.97. The summed E-state index contributed by atoms with van der Waals surface area (Å²) < 4.78 is 2.21. The molecule has 3 rings (SSSR count). The highest BCUT2D eigenvalue weighted by Gasteiger charge is 2.07. The van der Waals surface area contributed by atoms with Crippen LogP contribution in [0.1, 0.15) is 5.56 Å². The third kappa shape index (κ3) is 1.81. The number of rotatable bonds is 1. The van der Waals surface area contributed by atoms with Crippen LogP contribution >= 0.6 is 11.6 Å². The lowest BCUT2D eigenvalue weighted by Crippen LogP contribution is -1.90. The lowest BCUT2D eigenvalue weighted by Gasteiger charge is -2.04. The summed E-state index contributed by atoms with van der Waals surface area (Å²) in [6.45, 7) is 2.12. The second kappa shape index (κ2) is 4.18. The van der Waals surface area contributed by atoms with Gasteiger partial charge in [-0.05, 0) is 42.8 Å². The zero-order chi connectivity index (χ0) is 12.7. The van der Waals surface area contributed by atoms with Gasteiger partial charge in [-0.15, -0.1) is 0 Å². The number of benzene rings is 2. The fourth-order valence-corrected chi connectivity index (χ4v) is 2.58. The summed E-state index contributed by atoms with van der Waals surface area (Å²) >= 11 is 6.06. The van der Waals surface area contributed by atoms with Crippen molar-refractivity contribution in [3.63, 3.8) is 0 Å². The van der Waals surface area contributed by atoms with Gasteiger partial charge in [-0.1, -0.05) is 35.4 Å². The van der Waals surface area contributed by atoms with Crippen molar-refractivity contribution in [3.05, 3.63) is 59.1 Å². The van der Waals surface area contributed by atoms with Crippen LogP contribution < -0.4 is 0 Å². The van der Waals surface area contributed by atoms with Crippen molar-refractivity contribution in [2.75, 3.05) is 0 Å². The monoisotopic (exact) mass is 255 g/mol. The first-order chi connectivity index (χ1) is 8.65. The van der Waals surface area contributed by atoms with E-state index in [1.165, 1.54) is 22.2 Å². The van der Waals surface area contributed by atoms with E-state index < -0.39 is 0 Å². The molecule has 0 radical (unpaired) electrons. The van der Waals surface area contributed by atoms with Crippen molar-refractivity contribution in [1.82, 2.24) is 4.57 Å². The number of hydrogen-bond acceptors (Lipinski definition) is 0. The molecule has 0 unspecified atom stereocenters. The lowest BCUT2D eigenvalue weighted by molar-refractivity contribution is 0.978. The van der Waals surface area contributed by atoms with Crippen LogP contribution in [0, 0.1) is 6.92 Å². The summed E-state index contributed by atoms with van der Waals surface area (Å²) in [5.41, 5.74) is 4.87. The van der Waals surface area contributed by atoms with Crippen LogP contribution in [-0.4, -0.2) is 4.57 Å². The molecular weight excluding hydrogens is 242 g/mol. The summed E-state index contributed by atoms with van der Waals surface area (Å²) in [5, 5.41) is 2.04. The van der Waals surface area contributed by atoms with E-state index in [0.717, 1.165) is 10.6 Å². The van der Waals surface area contributed by atoms with Crippen molar-refractivity contribution < 1.29 is 0 Å². The maximum absolute atomic E-state index is 6.06. The van der Waals surface area contributed by atoms with Crippen LogP contribution in [-0.2, 0) is 7.05 Å². The minimum Gasteiger partial charge on any atom is -0.344 e. The predicted molar refractivity (Wildman–Crippen MR) is 78.1 cm³/mol. The highest BCUT2D eigenvalue weighted by atomic mass is 35.5. The molecule has 0 bridgehead atoms. The van der Waals surface area contributed by atoms with Crippen LogP contribution in [0.4, 0.5) is 0 Å². The number of aromatic nitrogens is 1. The molecule has 0 fully saturated rings. The van der Waals surface area contributed by atoms with Gasteiger partial charge in [0.25, 0.3) is 0 Å². The zero-order valence-electron chi connectivity index (χ0n) is 10.4. The average Bonchev–Trinajstić information content (AvgIpc) is 2.66. The van der Waals surface area contributed by atoms with Gasteiger partial charge in [0.05, 0.1) is 0 Å². The number of fused-ring (bicyclic) bond motifs is 1. The Bertz CT molecular complexity index is 725. The van der Waals surface area contributed by atoms with E-state index in [4.69, 9.17) is 11.6 Å². The number of hydrogen-bond donors (Lipinski definition) is 0. The first kappa shape index (κ1) is 11.4. The van der Waals surface area contributed by atoms with Crippen LogP contribution in [0.15, 0.2) is 48.5 Å². The molecule has 1 nitrogen and oxygen atoms in total. The van der Waals surface area contributed by atoms with E-state index in [2.05, 4.69) is 48.9 Å². The quantitative estimate of drug-likeness (QED) is 0.588. The van der Waals surface area contributed by atoms with E-state index in [-0.39, 0.29) is 0 Å². The Kier molecular flexibility index (Phi) is 2.64. The molecule has 90 valence electrons. The molecule has 0 saturated carbocycles. The Balaban J connectivity index is 2.27. The molecule has 0 spiro atoms. The molecule has 0 N–H and O–H groups in total. The van der Waals surface area contributed by atoms with E-state index in [0.29, 0.717) is 0 Å². The van der Waals surface area contributed by atoms with Gasteiger partial charge in [0, 0.05) is 28.7 Å². The molecule has 0 atom stereocenters. The minimum absolute atomic E-state index is 0.772. The predicted octanol–water partition coefficient (Wildman–Crippen LogP) is 4.81. The molecule has 18 heavy (non-hydrogen) atoms. The maximum atomic E-state index is 6.06. The number of nitrogens with zero attached hydrogens (tertiary/aromatic N) is 1. The van der Waals surface area contributed by atoms with Gasteiger partial charge < -0.3 is 4.57 Å². The molecule has 0 aliphatic heterocycles. The Labute approximate surface area is 112 Å². The number of aryl methyl sites for hydroxylation is 2. The Morgan fingerprint density at radius 2 is 1.83 bits per heavy atom. The maximum Gasteiger partial charge on any atom is 0.0489 e. The highest BCUT2D eigenvalue weighted by molar-refractivity contribution is 6.30. The van der Waals surface area contributed by atoms with Crippen molar-refractivity contribution in [3.8, 4) is 11.3 Å². The van der Waals surface area contributed by atoms with Gasteiger partial charge in [0.15, 0.2) is 0 Å². The van der Waals surface area contributed by atoms with Crippen molar-refractivity contribution in [2.24, 2.45) is 7.05 Å². The van der Waals surface area contributed by atoms with Crippen LogP contribution in [0.5, 0.6) is 0 Å². The second-order valence-corrected chi connectivity index (χ2v) is 5.10. The largest absolute Gasteiger partial charge is 0.344 e. The topological polar surface area (TPSA) is 4.93 Å². The van der Waals surface area contributed by atoms with Crippen LogP contribution in [0.2, 0.25) is 5.02 Å². The molecule has 2 heteroatoms. The van der Waals surface area contributed by atoms with Gasteiger partial charge >= 0.3 is 0 Å². The van der Waals surface area contributed by atoms with Gasteiger partial charge in [0.2, 0.25) is 0 Å². The summed E-state index contributed by atoms with van der Waals surface area (Å²) in [6.07, 6.45) is 0.